The SMILES string of the molecule is CN(C)Nc1ccc(N2CCOCC2)nn1. The maximum absolute atomic E-state index is 5.29. The topological polar surface area (TPSA) is 53.5 Å². The number of nitrogens with zero attached hydrogens (tertiary/aromatic N) is 4. The van der Waals surface area contributed by atoms with E-state index in [0.717, 1.165) is 37.9 Å². The predicted octanol–water partition coefficient (Wildman–Crippen LogP) is 0.202. The molecule has 0 atom stereocenters. The van der Waals surface area contributed by atoms with Crippen LogP contribution in [-0.4, -0.2) is 55.6 Å². The maximum atomic E-state index is 5.29. The highest BCUT2D eigenvalue weighted by Gasteiger charge is 2.12. The average Bonchev–Trinajstić information content (AvgIpc) is 2.30. The van der Waals surface area contributed by atoms with Crippen molar-refractivity contribution in [2.45, 2.75) is 0 Å². The van der Waals surface area contributed by atoms with Gasteiger partial charge in [-0.25, -0.2) is 5.01 Å². The van der Waals surface area contributed by atoms with Gasteiger partial charge in [0.15, 0.2) is 11.6 Å². The Kier molecular flexibility index (Phi) is 3.53. The molecule has 16 heavy (non-hydrogen) atoms. The van der Waals surface area contributed by atoms with Crippen molar-refractivity contribution in [3.05, 3.63) is 12.1 Å². The van der Waals surface area contributed by atoms with E-state index in [1.54, 1.807) is 0 Å². The second-order valence-electron chi connectivity index (χ2n) is 3.88. The lowest BCUT2D eigenvalue weighted by Crippen LogP contribution is -2.36. The summed E-state index contributed by atoms with van der Waals surface area (Å²) in [4.78, 5) is 2.18. The Morgan fingerprint density at radius 2 is 2.00 bits per heavy atom. The van der Waals surface area contributed by atoms with E-state index in [1.807, 2.05) is 31.2 Å². The molecule has 0 saturated carbocycles. The van der Waals surface area contributed by atoms with Crippen LogP contribution < -0.4 is 10.3 Å². The summed E-state index contributed by atoms with van der Waals surface area (Å²) in [5.74, 6) is 1.66. The van der Waals surface area contributed by atoms with Crippen LogP contribution >= 0.6 is 0 Å². The van der Waals surface area contributed by atoms with Gasteiger partial charge in [-0.05, 0) is 12.1 Å². The van der Waals surface area contributed by atoms with Crippen LogP contribution in [0.15, 0.2) is 12.1 Å². The lowest BCUT2D eigenvalue weighted by atomic mass is 10.4. The lowest BCUT2D eigenvalue weighted by Gasteiger charge is -2.27. The summed E-state index contributed by atoms with van der Waals surface area (Å²) in [6.45, 7) is 3.29. The summed E-state index contributed by atoms with van der Waals surface area (Å²) in [7, 11) is 3.83. The Hall–Kier alpha value is -1.40. The first-order valence-corrected chi connectivity index (χ1v) is 5.36. The first kappa shape index (κ1) is 11.1. The number of aromatic nitrogens is 2. The number of hydrogen-bond donors (Lipinski definition) is 1. The highest BCUT2D eigenvalue weighted by molar-refractivity contribution is 5.43. The molecule has 0 radical (unpaired) electrons. The van der Waals surface area contributed by atoms with Crippen molar-refractivity contribution in [1.29, 1.82) is 0 Å². The van der Waals surface area contributed by atoms with Crippen LogP contribution in [-0.2, 0) is 4.74 Å². The van der Waals surface area contributed by atoms with Gasteiger partial charge in [-0.3, -0.25) is 0 Å². The minimum atomic E-state index is 0.752. The molecule has 0 aliphatic carbocycles. The molecule has 0 bridgehead atoms. The molecule has 6 nitrogen and oxygen atoms in total. The van der Waals surface area contributed by atoms with Crippen LogP contribution in [0.3, 0.4) is 0 Å². The smallest absolute Gasteiger partial charge is 0.163 e. The molecular weight excluding hydrogens is 206 g/mol. The molecule has 1 saturated heterocycles. The number of ether oxygens (including phenoxy) is 1. The molecule has 0 amide bonds. The Balaban J connectivity index is 2.00. The number of hydrogen-bond acceptors (Lipinski definition) is 6. The zero-order valence-corrected chi connectivity index (χ0v) is 9.68. The molecule has 1 aliphatic rings. The van der Waals surface area contributed by atoms with Gasteiger partial charge in [-0.15, -0.1) is 10.2 Å². The van der Waals surface area contributed by atoms with Gasteiger partial charge in [0.2, 0.25) is 0 Å². The fourth-order valence-electron chi connectivity index (χ4n) is 1.58. The fraction of sp³-hybridized carbons (Fsp3) is 0.600. The van der Waals surface area contributed by atoms with Gasteiger partial charge < -0.3 is 15.1 Å². The third-order valence-corrected chi connectivity index (χ3v) is 2.32. The Labute approximate surface area is 95.2 Å². The molecule has 1 N–H and O–H groups in total. The molecular formula is C10H17N5O. The van der Waals surface area contributed by atoms with E-state index in [0.29, 0.717) is 0 Å². The van der Waals surface area contributed by atoms with Gasteiger partial charge in [0.25, 0.3) is 0 Å². The molecule has 1 fully saturated rings. The van der Waals surface area contributed by atoms with Crippen LogP contribution in [0.5, 0.6) is 0 Å². The molecule has 1 aliphatic heterocycles. The lowest BCUT2D eigenvalue weighted by molar-refractivity contribution is 0.122. The van der Waals surface area contributed by atoms with E-state index < -0.39 is 0 Å². The third kappa shape index (κ3) is 2.80. The Morgan fingerprint density at radius 1 is 1.25 bits per heavy atom. The van der Waals surface area contributed by atoms with Crippen molar-refractivity contribution in [2.24, 2.45) is 0 Å². The number of rotatable bonds is 3. The van der Waals surface area contributed by atoms with Crippen molar-refractivity contribution in [2.75, 3.05) is 50.7 Å². The molecule has 88 valence electrons. The van der Waals surface area contributed by atoms with E-state index >= 15 is 0 Å². The maximum Gasteiger partial charge on any atom is 0.163 e. The van der Waals surface area contributed by atoms with Crippen LogP contribution in [0.25, 0.3) is 0 Å². The molecule has 1 aromatic rings. The van der Waals surface area contributed by atoms with Gasteiger partial charge in [-0.1, -0.05) is 0 Å². The van der Waals surface area contributed by atoms with Crippen LogP contribution in [0.2, 0.25) is 0 Å². The Morgan fingerprint density at radius 3 is 2.56 bits per heavy atom. The fourth-order valence-corrected chi connectivity index (χ4v) is 1.58. The number of anilines is 2. The Bertz CT molecular complexity index is 320. The second-order valence-corrected chi connectivity index (χ2v) is 3.88. The van der Waals surface area contributed by atoms with Crippen molar-refractivity contribution in [3.8, 4) is 0 Å². The van der Waals surface area contributed by atoms with Crippen LogP contribution in [0.1, 0.15) is 0 Å². The second kappa shape index (κ2) is 5.09. The summed E-state index contributed by atoms with van der Waals surface area (Å²) in [5.41, 5.74) is 3.05. The third-order valence-electron chi connectivity index (χ3n) is 2.32. The molecule has 0 unspecified atom stereocenters. The van der Waals surface area contributed by atoms with E-state index in [4.69, 9.17) is 4.74 Å². The molecule has 0 spiro atoms. The minimum Gasteiger partial charge on any atom is -0.378 e. The molecule has 2 heterocycles. The van der Waals surface area contributed by atoms with E-state index in [1.165, 1.54) is 0 Å². The van der Waals surface area contributed by atoms with Gasteiger partial charge >= 0.3 is 0 Å². The van der Waals surface area contributed by atoms with E-state index in [2.05, 4.69) is 20.5 Å². The normalized spacial score (nSPS) is 16.6. The number of morpholine rings is 1. The summed E-state index contributed by atoms with van der Waals surface area (Å²) >= 11 is 0. The molecule has 1 aromatic heterocycles. The van der Waals surface area contributed by atoms with Gasteiger partial charge in [-0.2, -0.15) is 0 Å². The van der Waals surface area contributed by atoms with Crippen molar-refractivity contribution >= 4 is 11.6 Å². The first-order chi connectivity index (χ1) is 7.75. The monoisotopic (exact) mass is 223 g/mol. The number of nitrogens with one attached hydrogen (secondary N) is 1. The predicted molar refractivity (Wildman–Crippen MR) is 62.4 cm³/mol. The van der Waals surface area contributed by atoms with Crippen LogP contribution in [0.4, 0.5) is 11.6 Å². The number of hydrazine groups is 1. The van der Waals surface area contributed by atoms with Crippen molar-refractivity contribution in [3.63, 3.8) is 0 Å². The quantitative estimate of drug-likeness (QED) is 0.739. The molecule has 2 rings (SSSR count). The minimum absolute atomic E-state index is 0.752. The van der Waals surface area contributed by atoms with Crippen molar-refractivity contribution in [1.82, 2.24) is 15.2 Å². The summed E-state index contributed by atoms with van der Waals surface area (Å²) in [6.07, 6.45) is 0. The zero-order valence-electron chi connectivity index (χ0n) is 9.68. The van der Waals surface area contributed by atoms with Gasteiger partial charge in [0.1, 0.15) is 0 Å². The average molecular weight is 223 g/mol. The summed E-state index contributed by atoms with van der Waals surface area (Å²) in [6, 6.07) is 3.90. The highest BCUT2D eigenvalue weighted by Crippen LogP contribution is 2.12. The largest absolute Gasteiger partial charge is 0.378 e. The first-order valence-electron chi connectivity index (χ1n) is 5.36. The van der Waals surface area contributed by atoms with E-state index in [9.17, 15) is 0 Å². The van der Waals surface area contributed by atoms with E-state index in [-0.39, 0.29) is 0 Å². The summed E-state index contributed by atoms with van der Waals surface area (Å²) < 4.78 is 5.29. The molecule has 6 heteroatoms. The zero-order chi connectivity index (χ0) is 11.4. The van der Waals surface area contributed by atoms with Gasteiger partial charge in [0.05, 0.1) is 13.2 Å². The highest BCUT2D eigenvalue weighted by atomic mass is 16.5. The molecule has 0 aromatic carbocycles. The van der Waals surface area contributed by atoms with Crippen molar-refractivity contribution < 1.29 is 4.74 Å². The van der Waals surface area contributed by atoms with Gasteiger partial charge in [0, 0.05) is 27.2 Å². The standard InChI is InChI=1S/C10H17N5O/c1-14(2)13-9-3-4-10(12-11-9)15-5-7-16-8-6-15/h3-4H,5-8H2,1-2H3,(H,11,13). The van der Waals surface area contributed by atoms with Crippen LogP contribution in [0, 0.1) is 0 Å². The summed E-state index contributed by atoms with van der Waals surface area (Å²) in [5, 5.41) is 10.1.